The van der Waals surface area contributed by atoms with Gasteiger partial charge in [0.25, 0.3) is 0 Å². The Morgan fingerprint density at radius 3 is 2.71 bits per heavy atom. The molecule has 96 valence electrons. The van der Waals surface area contributed by atoms with E-state index in [4.69, 9.17) is 0 Å². The third-order valence-corrected chi connectivity index (χ3v) is 3.67. The molecule has 0 radical (unpaired) electrons. The molecule has 2 aliphatic heterocycles. The van der Waals surface area contributed by atoms with Crippen molar-refractivity contribution >= 4 is 11.8 Å². The Labute approximate surface area is 102 Å². The first-order valence-corrected chi connectivity index (χ1v) is 6.44. The average molecular weight is 239 g/mol. The Bertz CT molecular complexity index is 300. The molecule has 1 atom stereocenters. The third kappa shape index (κ3) is 3.04. The van der Waals surface area contributed by atoms with E-state index in [9.17, 15) is 9.59 Å². The van der Waals surface area contributed by atoms with Gasteiger partial charge in [-0.3, -0.25) is 14.5 Å². The zero-order valence-corrected chi connectivity index (χ0v) is 10.4. The van der Waals surface area contributed by atoms with Gasteiger partial charge in [0.15, 0.2) is 0 Å². The summed E-state index contributed by atoms with van der Waals surface area (Å²) in [6.45, 7) is 4.19. The average Bonchev–Trinajstić information content (AvgIpc) is 2.82. The molecule has 0 bridgehead atoms. The summed E-state index contributed by atoms with van der Waals surface area (Å²) in [4.78, 5) is 26.8. The number of carbonyl (C=O) groups excluding carboxylic acids is 2. The van der Waals surface area contributed by atoms with Crippen molar-refractivity contribution in [2.45, 2.75) is 31.7 Å². The van der Waals surface area contributed by atoms with E-state index in [0.717, 1.165) is 13.1 Å². The molecule has 0 spiro atoms. The number of likely N-dealkylation sites (tertiary alicyclic amines) is 2. The van der Waals surface area contributed by atoms with Crippen LogP contribution in [0.4, 0.5) is 0 Å². The second-order valence-electron chi connectivity index (χ2n) is 4.89. The molecule has 17 heavy (non-hydrogen) atoms. The van der Waals surface area contributed by atoms with Gasteiger partial charge in [0.05, 0.1) is 6.04 Å². The summed E-state index contributed by atoms with van der Waals surface area (Å²) < 4.78 is 0. The zero-order chi connectivity index (χ0) is 12.3. The van der Waals surface area contributed by atoms with Gasteiger partial charge in [-0.15, -0.1) is 0 Å². The van der Waals surface area contributed by atoms with Gasteiger partial charge in [-0.2, -0.15) is 0 Å². The van der Waals surface area contributed by atoms with Gasteiger partial charge in [-0.05, 0) is 32.4 Å². The van der Waals surface area contributed by atoms with Crippen LogP contribution in [0.3, 0.4) is 0 Å². The van der Waals surface area contributed by atoms with E-state index in [0.29, 0.717) is 12.8 Å². The molecule has 2 rings (SSSR count). The first kappa shape index (κ1) is 12.5. The number of nitrogens with zero attached hydrogens (tertiary/aromatic N) is 2. The summed E-state index contributed by atoms with van der Waals surface area (Å²) in [7, 11) is 1.57. The number of piperidine rings is 1. The number of hydrogen-bond donors (Lipinski definition) is 1. The predicted octanol–water partition coefficient (Wildman–Crippen LogP) is -0.181. The number of nitrogens with one attached hydrogen (secondary N) is 1. The van der Waals surface area contributed by atoms with Crippen molar-refractivity contribution in [1.29, 1.82) is 0 Å². The van der Waals surface area contributed by atoms with Crippen molar-refractivity contribution in [2.24, 2.45) is 0 Å². The van der Waals surface area contributed by atoms with Crippen LogP contribution >= 0.6 is 0 Å². The van der Waals surface area contributed by atoms with Crippen LogP contribution in [0.5, 0.6) is 0 Å². The highest BCUT2D eigenvalue weighted by Gasteiger charge is 2.31. The van der Waals surface area contributed by atoms with Crippen LogP contribution in [0.25, 0.3) is 0 Å². The van der Waals surface area contributed by atoms with Gasteiger partial charge in [-0.1, -0.05) is 0 Å². The lowest BCUT2D eigenvalue weighted by atomic mass is 10.0. The summed E-state index contributed by atoms with van der Waals surface area (Å²) in [5.74, 6) is -0.143. The highest BCUT2D eigenvalue weighted by molar-refractivity contribution is 6.00. The molecule has 0 aromatic heterocycles. The van der Waals surface area contributed by atoms with Crippen molar-refractivity contribution in [1.82, 2.24) is 15.1 Å². The SMILES string of the molecule is CN1C(=O)CCC(NCCN2CCCC2)C1=O. The zero-order valence-electron chi connectivity index (χ0n) is 10.4. The summed E-state index contributed by atoms with van der Waals surface area (Å²) in [5.41, 5.74) is 0. The molecule has 1 unspecified atom stereocenters. The smallest absolute Gasteiger partial charge is 0.246 e. The van der Waals surface area contributed by atoms with Crippen LogP contribution in [0.1, 0.15) is 25.7 Å². The summed E-state index contributed by atoms with van der Waals surface area (Å²) in [5, 5.41) is 3.26. The van der Waals surface area contributed by atoms with Crippen LogP contribution in [-0.2, 0) is 9.59 Å². The number of amides is 2. The Morgan fingerprint density at radius 1 is 1.29 bits per heavy atom. The monoisotopic (exact) mass is 239 g/mol. The molecule has 2 heterocycles. The van der Waals surface area contributed by atoms with Crippen LogP contribution in [0.15, 0.2) is 0 Å². The molecule has 5 heteroatoms. The second-order valence-corrected chi connectivity index (χ2v) is 4.89. The molecule has 0 aliphatic carbocycles. The summed E-state index contributed by atoms with van der Waals surface area (Å²) in [6.07, 6.45) is 3.70. The number of hydrogen-bond acceptors (Lipinski definition) is 4. The second kappa shape index (κ2) is 5.60. The molecular formula is C12H21N3O2. The predicted molar refractivity (Wildman–Crippen MR) is 64.5 cm³/mol. The maximum absolute atomic E-state index is 11.8. The largest absolute Gasteiger partial charge is 0.305 e. The van der Waals surface area contributed by atoms with Crippen molar-refractivity contribution in [3.63, 3.8) is 0 Å². The fourth-order valence-electron chi connectivity index (χ4n) is 2.51. The van der Waals surface area contributed by atoms with E-state index < -0.39 is 0 Å². The Kier molecular flexibility index (Phi) is 4.12. The number of carbonyl (C=O) groups is 2. The Hall–Kier alpha value is -0.940. The molecule has 2 amide bonds. The topological polar surface area (TPSA) is 52.7 Å². The minimum Gasteiger partial charge on any atom is -0.305 e. The van der Waals surface area contributed by atoms with Gasteiger partial charge in [0, 0.05) is 26.6 Å². The molecule has 2 fully saturated rings. The van der Waals surface area contributed by atoms with E-state index in [-0.39, 0.29) is 17.9 Å². The Balaban J connectivity index is 1.71. The van der Waals surface area contributed by atoms with Crippen molar-refractivity contribution in [3.8, 4) is 0 Å². The number of imide groups is 1. The van der Waals surface area contributed by atoms with Crippen LogP contribution < -0.4 is 5.32 Å². The fourth-order valence-corrected chi connectivity index (χ4v) is 2.51. The third-order valence-electron chi connectivity index (χ3n) is 3.67. The molecule has 0 saturated carbocycles. The molecular weight excluding hydrogens is 218 g/mol. The lowest BCUT2D eigenvalue weighted by Crippen LogP contribution is -2.52. The van der Waals surface area contributed by atoms with Gasteiger partial charge in [0.2, 0.25) is 11.8 Å². The minimum atomic E-state index is -0.166. The quantitative estimate of drug-likeness (QED) is 0.691. The van der Waals surface area contributed by atoms with E-state index in [1.807, 2.05) is 0 Å². The lowest BCUT2D eigenvalue weighted by Gasteiger charge is -2.28. The first-order valence-electron chi connectivity index (χ1n) is 6.44. The maximum Gasteiger partial charge on any atom is 0.246 e. The molecule has 1 N–H and O–H groups in total. The number of likely N-dealkylation sites (N-methyl/N-ethyl adjacent to an activating group) is 1. The molecule has 0 aromatic carbocycles. The van der Waals surface area contributed by atoms with Crippen LogP contribution in [0.2, 0.25) is 0 Å². The molecule has 0 aromatic rings. The van der Waals surface area contributed by atoms with E-state index in [2.05, 4.69) is 10.2 Å². The van der Waals surface area contributed by atoms with Crippen LogP contribution in [0, 0.1) is 0 Å². The normalized spacial score (nSPS) is 26.9. The van der Waals surface area contributed by atoms with Gasteiger partial charge < -0.3 is 10.2 Å². The van der Waals surface area contributed by atoms with E-state index in [1.165, 1.54) is 30.8 Å². The molecule has 2 aliphatic rings. The molecule has 2 saturated heterocycles. The highest BCUT2D eigenvalue weighted by atomic mass is 16.2. The number of rotatable bonds is 4. The van der Waals surface area contributed by atoms with Gasteiger partial charge in [-0.25, -0.2) is 0 Å². The van der Waals surface area contributed by atoms with Crippen molar-refractivity contribution in [2.75, 3.05) is 33.2 Å². The first-order chi connectivity index (χ1) is 8.18. The Morgan fingerprint density at radius 2 is 2.00 bits per heavy atom. The standard InChI is InChI=1S/C12H21N3O2/c1-14-11(16)5-4-10(12(14)17)13-6-9-15-7-2-3-8-15/h10,13H,2-9H2,1H3. The van der Waals surface area contributed by atoms with E-state index in [1.54, 1.807) is 7.05 Å². The summed E-state index contributed by atoms with van der Waals surface area (Å²) >= 11 is 0. The van der Waals surface area contributed by atoms with Crippen LogP contribution in [-0.4, -0.2) is 60.9 Å². The van der Waals surface area contributed by atoms with Crippen molar-refractivity contribution < 1.29 is 9.59 Å². The highest BCUT2D eigenvalue weighted by Crippen LogP contribution is 2.11. The van der Waals surface area contributed by atoms with Gasteiger partial charge >= 0.3 is 0 Å². The molecule has 5 nitrogen and oxygen atoms in total. The minimum absolute atomic E-state index is 0.0624. The van der Waals surface area contributed by atoms with Crippen molar-refractivity contribution in [3.05, 3.63) is 0 Å². The van der Waals surface area contributed by atoms with E-state index >= 15 is 0 Å². The maximum atomic E-state index is 11.8. The lowest BCUT2D eigenvalue weighted by molar-refractivity contribution is -0.148. The summed E-state index contributed by atoms with van der Waals surface area (Å²) in [6, 6.07) is -0.166. The fraction of sp³-hybridized carbons (Fsp3) is 0.833. The van der Waals surface area contributed by atoms with Gasteiger partial charge in [0.1, 0.15) is 0 Å².